The number of amides is 1. The Kier molecular flexibility index (Phi) is 3.81. The molecule has 0 aliphatic heterocycles. The summed E-state index contributed by atoms with van der Waals surface area (Å²) in [6.07, 6.45) is 0. The minimum Gasteiger partial charge on any atom is -0.506 e. The molecule has 1 rings (SSSR count). The van der Waals surface area contributed by atoms with E-state index in [-0.39, 0.29) is 22.1 Å². The topological polar surface area (TPSA) is 49.3 Å². The maximum Gasteiger partial charge on any atom is 0.251 e. The maximum absolute atomic E-state index is 11.7. The zero-order valence-electron chi connectivity index (χ0n) is 9.67. The largest absolute Gasteiger partial charge is 0.506 e. The van der Waals surface area contributed by atoms with Crippen LogP contribution in [-0.4, -0.2) is 17.6 Å². The first-order chi connectivity index (χ1) is 7.29. The second kappa shape index (κ2) is 4.74. The first kappa shape index (κ1) is 12.8. The summed E-state index contributed by atoms with van der Waals surface area (Å²) in [5.74, 6) is -0.203. The Labute approximate surface area is 100 Å². The Morgan fingerprint density at radius 2 is 2.06 bits per heavy atom. The van der Waals surface area contributed by atoms with Gasteiger partial charge >= 0.3 is 0 Å². The van der Waals surface area contributed by atoms with Crippen molar-refractivity contribution in [3.63, 3.8) is 0 Å². The third-order valence-corrected chi connectivity index (χ3v) is 2.29. The number of halogens is 1. The zero-order chi connectivity index (χ0) is 12.3. The van der Waals surface area contributed by atoms with E-state index >= 15 is 0 Å². The summed E-state index contributed by atoms with van der Waals surface area (Å²) in [7, 11) is 0. The highest BCUT2D eigenvalue weighted by Crippen LogP contribution is 2.23. The van der Waals surface area contributed by atoms with Gasteiger partial charge in [0.1, 0.15) is 5.75 Å². The zero-order valence-corrected chi connectivity index (χ0v) is 10.4. The summed E-state index contributed by atoms with van der Waals surface area (Å²) in [5.41, 5.74) is 0.489. The number of rotatable bonds is 2. The third kappa shape index (κ3) is 3.74. The number of carbonyl (C=O) groups excluding carboxylic acids is 1. The Morgan fingerprint density at radius 1 is 1.44 bits per heavy atom. The van der Waals surface area contributed by atoms with Crippen molar-refractivity contribution < 1.29 is 9.90 Å². The molecule has 0 aromatic heterocycles. The minimum atomic E-state index is -0.183. The van der Waals surface area contributed by atoms with Crippen molar-refractivity contribution in [2.75, 3.05) is 6.54 Å². The van der Waals surface area contributed by atoms with Crippen LogP contribution >= 0.6 is 11.6 Å². The molecule has 2 N–H and O–H groups in total. The van der Waals surface area contributed by atoms with E-state index < -0.39 is 0 Å². The van der Waals surface area contributed by atoms with Crippen LogP contribution in [0.25, 0.3) is 0 Å². The molecule has 0 fully saturated rings. The second-order valence-electron chi connectivity index (χ2n) is 4.91. The van der Waals surface area contributed by atoms with E-state index in [0.29, 0.717) is 12.1 Å². The monoisotopic (exact) mass is 241 g/mol. The molecule has 0 radical (unpaired) electrons. The van der Waals surface area contributed by atoms with Gasteiger partial charge in [0.05, 0.1) is 5.02 Å². The lowest BCUT2D eigenvalue weighted by molar-refractivity contribution is 0.0939. The van der Waals surface area contributed by atoms with E-state index in [4.69, 9.17) is 11.6 Å². The first-order valence-electron chi connectivity index (χ1n) is 5.06. The van der Waals surface area contributed by atoms with Gasteiger partial charge in [0, 0.05) is 12.1 Å². The Balaban J connectivity index is 2.70. The Bertz CT molecular complexity index is 396. The van der Waals surface area contributed by atoms with Crippen molar-refractivity contribution in [3.05, 3.63) is 28.8 Å². The molecule has 0 unspecified atom stereocenters. The fourth-order valence-electron chi connectivity index (χ4n) is 1.10. The molecular weight excluding hydrogens is 226 g/mol. The van der Waals surface area contributed by atoms with E-state index in [0.717, 1.165) is 0 Å². The van der Waals surface area contributed by atoms with Crippen LogP contribution in [0.5, 0.6) is 5.75 Å². The van der Waals surface area contributed by atoms with Gasteiger partial charge in [-0.25, -0.2) is 0 Å². The SMILES string of the molecule is CC(C)(C)CNC(=O)c1ccc(O)c(Cl)c1. The fourth-order valence-corrected chi connectivity index (χ4v) is 1.28. The van der Waals surface area contributed by atoms with E-state index in [1.165, 1.54) is 12.1 Å². The molecule has 0 spiro atoms. The summed E-state index contributed by atoms with van der Waals surface area (Å²) in [6, 6.07) is 4.41. The van der Waals surface area contributed by atoms with Gasteiger partial charge in [0.25, 0.3) is 5.91 Å². The average molecular weight is 242 g/mol. The Morgan fingerprint density at radius 3 is 2.56 bits per heavy atom. The van der Waals surface area contributed by atoms with Crippen molar-refractivity contribution in [3.8, 4) is 5.75 Å². The lowest BCUT2D eigenvalue weighted by Gasteiger charge is -2.18. The molecule has 0 bridgehead atoms. The van der Waals surface area contributed by atoms with Gasteiger partial charge in [-0.05, 0) is 23.6 Å². The van der Waals surface area contributed by atoms with Gasteiger partial charge in [-0.1, -0.05) is 32.4 Å². The van der Waals surface area contributed by atoms with Crippen LogP contribution in [0.2, 0.25) is 5.02 Å². The summed E-state index contributed by atoms with van der Waals surface area (Å²) in [5, 5.41) is 12.2. The number of benzene rings is 1. The molecule has 4 heteroatoms. The van der Waals surface area contributed by atoms with Gasteiger partial charge < -0.3 is 10.4 Å². The lowest BCUT2D eigenvalue weighted by atomic mass is 9.97. The molecule has 0 aliphatic carbocycles. The van der Waals surface area contributed by atoms with Gasteiger partial charge in [-0.15, -0.1) is 0 Å². The van der Waals surface area contributed by atoms with Gasteiger partial charge in [0.15, 0.2) is 0 Å². The summed E-state index contributed by atoms with van der Waals surface area (Å²) < 4.78 is 0. The molecule has 1 aromatic rings. The van der Waals surface area contributed by atoms with E-state index in [1.54, 1.807) is 6.07 Å². The van der Waals surface area contributed by atoms with Crippen molar-refractivity contribution in [2.24, 2.45) is 5.41 Å². The van der Waals surface area contributed by atoms with Crippen molar-refractivity contribution in [1.29, 1.82) is 0 Å². The highest BCUT2D eigenvalue weighted by Gasteiger charge is 2.13. The summed E-state index contributed by atoms with van der Waals surface area (Å²) >= 11 is 5.72. The highest BCUT2D eigenvalue weighted by atomic mass is 35.5. The van der Waals surface area contributed by atoms with Crippen LogP contribution in [0, 0.1) is 5.41 Å². The third-order valence-electron chi connectivity index (χ3n) is 1.99. The van der Waals surface area contributed by atoms with Gasteiger partial charge in [-0.3, -0.25) is 4.79 Å². The van der Waals surface area contributed by atoms with Crippen LogP contribution in [-0.2, 0) is 0 Å². The van der Waals surface area contributed by atoms with Crippen molar-refractivity contribution in [1.82, 2.24) is 5.32 Å². The average Bonchev–Trinajstić information content (AvgIpc) is 2.17. The van der Waals surface area contributed by atoms with Crippen LogP contribution in [0.15, 0.2) is 18.2 Å². The maximum atomic E-state index is 11.7. The summed E-state index contributed by atoms with van der Waals surface area (Å²) in [6.45, 7) is 6.70. The molecule has 0 saturated heterocycles. The Hall–Kier alpha value is -1.22. The predicted molar refractivity (Wildman–Crippen MR) is 64.9 cm³/mol. The predicted octanol–water partition coefficient (Wildman–Crippen LogP) is 2.82. The van der Waals surface area contributed by atoms with Gasteiger partial charge in [-0.2, -0.15) is 0 Å². The quantitative estimate of drug-likeness (QED) is 0.837. The molecule has 88 valence electrons. The van der Waals surface area contributed by atoms with Crippen LogP contribution in [0.4, 0.5) is 0 Å². The molecule has 1 aromatic carbocycles. The smallest absolute Gasteiger partial charge is 0.251 e. The van der Waals surface area contributed by atoms with Crippen LogP contribution < -0.4 is 5.32 Å². The molecule has 16 heavy (non-hydrogen) atoms. The van der Waals surface area contributed by atoms with Crippen molar-refractivity contribution >= 4 is 17.5 Å². The lowest BCUT2D eigenvalue weighted by Crippen LogP contribution is -2.32. The van der Waals surface area contributed by atoms with E-state index in [9.17, 15) is 9.90 Å². The van der Waals surface area contributed by atoms with E-state index in [1.807, 2.05) is 20.8 Å². The van der Waals surface area contributed by atoms with Crippen molar-refractivity contribution in [2.45, 2.75) is 20.8 Å². The fraction of sp³-hybridized carbons (Fsp3) is 0.417. The normalized spacial score (nSPS) is 11.2. The number of nitrogens with one attached hydrogen (secondary N) is 1. The van der Waals surface area contributed by atoms with Gasteiger partial charge in [0.2, 0.25) is 0 Å². The highest BCUT2D eigenvalue weighted by molar-refractivity contribution is 6.32. The molecule has 1 amide bonds. The number of phenols is 1. The second-order valence-corrected chi connectivity index (χ2v) is 5.32. The minimum absolute atomic E-state index is 0.0194. The van der Waals surface area contributed by atoms with Crippen LogP contribution in [0.3, 0.4) is 0 Å². The first-order valence-corrected chi connectivity index (χ1v) is 5.44. The number of aromatic hydroxyl groups is 1. The van der Waals surface area contributed by atoms with E-state index in [2.05, 4.69) is 5.32 Å². The molecule has 0 saturated carbocycles. The molecule has 3 nitrogen and oxygen atoms in total. The molecule has 0 atom stereocenters. The molecule has 0 aliphatic rings. The number of phenolic OH excluding ortho intramolecular Hbond substituents is 1. The number of hydrogen-bond acceptors (Lipinski definition) is 2. The standard InChI is InChI=1S/C12H16ClNO2/c1-12(2,3)7-14-11(16)8-4-5-10(15)9(13)6-8/h4-6,15H,7H2,1-3H3,(H,14,16). The number of hydrogen-bond donors (Lipinski definition) is 2. The molecular formula is C12H16ClNO2. The molecule has 0 heterocycles. The summed E-state index contributed by atoms with van der Waals surface area (Å²) in [4.78, 5) is 11.7. The van der Waals surface area contributed by atoms with Crippen LogP contribution in [0.1, 0.15) is 31.1 Å². The number of carbonyl (C=O) groups is 1.